The molecule has 3 unspecified atom stereocenters. The highest BCUT2D eigenvalue weighted by Gasteiger charge is 2.46. The van der Waals surface area contributed by atoms with Gasteiger partial charge in [0.25, 0.3) is 0 Å². The summed E-state index contributed by atoms with van der Waals surface area (Å²) < 4.78 is 6.02. The first-order valence-electron chi connectivity index (χ1n) is 8.16. The smallest absolute Gasteiger partial charge is 0.0670 e. The van der Waals surface area contributed by atoms with Crippen LogP contribution in [-0.2, 0) is 4.74 Å². The normalized spacial score (nSPS) is 40.7. The van der Waals surface area contributed by atoms with Crippen LogP contribution < -0.4 is 5.73 Å². The molecule has 2 rings (SSSR count). The first-order chi connectivity index (χ1) is 9.07. The molecule has 0 aromatic heterocycles. The lowest BCUT2D eigenvalue weighted by Gasteiger charge is -2.50. The number of rotatable bonds is 5. The average Bonchev–Trinajstić information content (AvgIpc) is 2.88. The molecular formula is C16H32N2O. The van der Waals surface area contributed by atoms with Crippen molar-refractivity contribution >= 4 is 0 Å². The molecule has 112 valence electrons. The van der Waals surface area contributed by atoms with E-state index in [1.54, 1.807) is 0 Å². The van der Waals surface area contributed by atoms with Crippen LogP contribution in [0.25, 0.3) is 0 Å². The Bertz CT molecular complexity index is 296. The van der Waals surface area contributed by atoms with E-state index in [0.717, 1.165) is 38.3 Å². The van der Waals surface area contributed by atoms with Gasteiger partial charge < -0.3 is 10.5 Å². The van der Waals surface area contributed by atoms with Gasteiger partial charge in [0.15, 0.2) is 0 Å². The summed E-state index contributed by atoms with van der Waals surface area (Å²) in [4.78, 5) is 2.70. The average molecular weight is 268 g/mol. The van der Waals surface area contributed by atoms with Crippen molar-refractivity contribution in [3.63, 3.8) is 0 Å². The van der Waals surface area contributed by atoms with Crippen LogP contribution in [0.2, 0.25) is 0 Å². The molecule has 0 radical (unpaired) electrons. The minimum atomic E-state index is 0.0282. The van der Waals surface area contributed by atoms with E-state index in [-0.39, 0.29) is 11.1 Å². The summed E-state index contributed by atoms with van der Waals surface area (Å²) in [5.41, 5.74) is 6.44. The van der Waals surface area contributed by atoms with Crippen LogP contribution in [0.4, 0.5) is 0 Å². The van der Waals surface area contributed by atoms with E-state index < -0.39 is 0 Å². The van der Waals surface area contributed by atoms with Gasteiger partial charge in [-0.15, -0.1) is 0 Å². The zero-order valence-corrected chi connectivity index (χ0v) is 13.1. The number of nitrogens with zero attached hydrogens (tertiary/aromatic N) is 1. The van der Waals surface area contributed by atoms with Crippen molar-refractivity contribution < 1.29 is 4.74 Å². The SMILES string of the molecule is CCCC1CCN(C2(CN)CCOC(C)(CC)C2)C1. The predicted molar refractivity (Wildman–Crippen MR) is 80.3 cm³/mol. The highest BCUT2D eigenvalue weighted by atomic mass is 16.5. The van der Waals surface area contributed by atoms with Gasteiger partial charge in [0.1, 0.15) is 0 Å². The molecule has 0 aliphatic carbocycles. The number of hydrogen-bond donors (Lipinski definition) is 1. The van der Waals surface area contributed by atoms with E-state index in [2.05, 4.69) is 25.7 Å². The third kappa shape index (κ3) is 3.14. The molecule has 3 heteroatoms. The van der Waals surface area contributed by atoms with E-state index >= 15 is 0 Å². The highest BCUT2D eigenvalue weighted by molar-refractivity contribution is 5.02. The Morgan fingerprint density at radius 2 is 2.16 bits per heavy atom. The molecule has 0 saturated carbocycles. The predicted octanol–water partition coefficient (Wildman–Crippen LogP) is 2.79. The Kier molecular flexibility index (Phi) is 4.91. The molecule has 2 aliphatic rings. The van der Waals surface area contributed by atoms with Gasteiger partial charge >= 0.3 is 0 Å². The van der Waals surface area contributed by atoms with Crippen LogP contribution in [0, 0.1) is 5.92 Å². The Labute approximate surface area is 118 Å². The fraction of sp³-hybridized carbons (Fsp3) is 1.00. The van der Waals surface area contributed by atoms with Gasteiger partial charge in [-0.3, -0.25) is 4.90 Å². The number of ether oxygens (including phenoxy) is 1. The minimum Gasteiger partial charge on any atom is -0.375 e. The molecule has 0 amide bonds. The van der Waals surface area contributed by atoms with Crippen molar-refractivity contribution in [2.45, 2.75) is 70.4 Å². The minimum absolute atomic E-state index is 0.0282. The lowest BCUT2D eigenvalue weighted by Crippen LogP contribution is -2.60. The molecule has 2 heterocycles. The summed E-state index contributed by atoms with van der Waals surface area (Å²) in [5, 5.41) is 0. The Hall–Kier alpha value is -0.120. The van der Waals surface area contributed by atoms with Crippen LogP contribution in [0.5, 0.6) is 0 Å². The molecule has 19 heavy (non-hydrogen) atoms. The third-order valence-electron chi connectivity index (χ3n) is 5.50. The van der Waals surface area contributed by atoms with Crippen molar-refractivity contribution in [1.82, 2.24) is 4.90 Å². The molecule has 2 aliphatic heterocycles. The maximum absolute atomic E-state index is 6.22. The van der Waals surface area contributed by atoms with Crippen molar-refractivity contribution in [3.8, 4) is 0 Å². The zero-order valence-electron chi connectivity index (χ0n) is 13.1. The number of hydrogen-bond acceptors (Lipinski definition) is 3. The quantitative estimate of drug-likeness (QED) is 0.833. The van der Waals surface area contributed by atoms with Crippen LogP contribution in [0.3, 0.4) is 0 Å². The second-order valence-corrected chi connectivity index (χ2v) is 6.90. The van der Waals surface area contributed by atoms with Gasteiger partial charge in [0.2, 0.25) is 0 Å². The molecule has 2 fully saturated rings. The highest BCUT2D eigenvalue weighted by Crippen LogP contribution is 2.40. The lowest BCUT2D eigenvalue weighted by molar-refractivity contribution is -0.126. The molecule has 3 atom stereocenters. The number of likely N-dealkylation sites (tertiary alicyclic amines) is 1. The lowest BCUT2D eigenvalue weighted by atomic mass is 9.78. The first kappa shape index (κ1) is 15.3. The van der Waals surface area contributed by atoms with E-state index in [4.69, 9.17) is 10.5 Å². The summed E-state index contributed by atoms with van der Waals surface area (Å²) in [6, 6.07) is 0. The largest absolute Gasteiger partial charge is 0.375 e. The van der Waals surface area contributed by atoms with Crippen molar-refractivity contribution in [2.24, 2.45) is 11.7 Å². The maximum Gasteiger partial charge on any atom is 0.0670 e. The molecule has 0 spiro atoms. The fourth-order valence-electron chi connectivity index (χ4n) is 4.03. The maximum atomic E-state index is 6.22. The zero-order chi connectivity index (χ0) is 13.9. The standard InChI is InChI=1S/C16H32N2O/c1-4-6-14-7-9-18(11-14)16(13-17)8-10-19-15(3,5-2)12-16/h14H,4-13,17H2,1-3H3. The van der Waals surface area contributed by atoms with E-state index in [9.17, 15) is 0 Å². The first-order valence-corrected chi connectivity index (χ1v) is 8.16. The molecule has 3 nitrogen and oxygen atoms in total. The molecule has 0 aromatic carbocycles. The van der Waals surface area contributed by atoms with Crippen LogP contribution in [0.1, 0.15) is 59.3 Å². The van der Waals surface area contributed by atoms with Crippen LogP contribution >= 0.6 is 0 Å². The van der Waals surface area contributed by atoms with Crippen molar-refractivity contribution in [1.29, 1.82) is 0 Å². The van der Waals surface area contributed by atoms with Crippen molar-refractivity contribution in [2.75, 3.05) is 26.2 Å². The molecular weight excluding hydrogens is 236 g/mol. The monoisotopic (exact) mass is 268 g/mol. The fourth-order valence-corrected chi connectivity index (χ4v) is 4.03. The van der Waals surface area contributed by atoms with Crippen molar-refractivity contribution in [3.05, 3.63) is 0 Å². The second kappa shape index (κ2) is 6.11. The topological polar surface area (TPSA) is 38.5 Å². The molecule has 2 saturated heterocycles. The van der Waals surface area contributed by atoms with Gasteiger partial charge in [-0.25, -0.2) is 0 Å². The second-order valence-electron chi connectivity index (χ2n) is 6.90. The summed E-state index contributed by atoms with van der Waals surface area (Å²) in [6.07, 6.45) is 7.34. The Morgan fingerprint density at radius 1 is 1.37 bits per heavy atom. The number of nitrogens with two attached hydrogens (primary N) is 1. The van der Waals surface area contributed by atoms with Gasteiger partial charge in [0, 0.05) is 25.2 Å². The summed E-state index contributed by atoms with van der Waals surface area (Å²) in [5.74, 6) is 0.893. The molecule has 0 aromatic rings. The van der Waals surface area contributed by atoms with Gasteiger partial charge in [-0.1, -0.05) is 20.3 Å². The van der Waals surface area contributed by atoms with Crippen LogP contribution in [-0.4, -0.2) is 42.3 Å². The van der Waals surface area contributed by atoms with E-state index in [1.165, 1.54) is 32.4 Å². The van der Waals surface area contributed by atoms with Crippen LogP contribution in [0.15, 0.2) is 0 Å². The Balaban J connectivity index is 2.06. The summed E-state index contributed by atoms with van der Waals surface area (Å²) in [7, 11) is 0. The van der Waals surface area contributed by atoms with Gasteiger partial charge in [0.05, 0.1) is 5.60 Å². The van der Waals surface area contributed by atoms with E-state index in [1.807, 2.05) is 0 Å². The Morgan fingerprint density at radius 3 is 2.79 bits per heavy atom. The van der Waals surface area contributed by atoms with Gasteiger partial charge in [-0.05, 0) is 51.5 Å². The van der Waals surface area contributed by atoms with Gasteiger partial charge in [-0.2, -0.15) is 0 Å². The molecule has 2 N–H and O–H groups in total. The third-order valence-corrected chi connectivity index (χ3v) is 5.50. The molecule has 0 bridgehead atoms. The summed E-state index contributed by atoms with van der Waals surface area (Å²) >= 11 is 0. The van der Waals surface area contributed by atoms with E-state index in [0.29, 0.717) is 0 Å². The summed E-state index contributed by atoms with van der Waals surface area (Å²) in [6.45, 7) is 10.9.